The minimum absolute atomic E-state index is 0. The van der Waals surface area contributed by atoms with Crippen LogP contribution in [0.1, 0.15) is 6.42 Å². The van der Waals surface area contributed by atoms with Gasteiger partial charge in [0.25, 0.3) is 0 Å². The van der Waals surface area contributed by atoms with Gasteiger partial charge >= 0.3 is 136 Å². The van der Waals surface area contributed by atoms with Crippen LogP contribution in [0.5, 0.6) is 0 Å². The van der Waals surface area contributed by atoms with E-state index in [9.17, 15) is 14.4 Å². The Bertz CT molecular complexity index is 211. The van der Waals surface area contributed by atoms with Crippen molar-refractivity contribution < 1.29 is 24.6 Å². The fourth-order valence-electron chi connectivity index (χ4n) is 0.546. The van der Waals surface area contributed by atoms with E-state index in [0.29, 0.717) is 0 Å². The Morgan fingerprint density at radius 2 is 1.44 bits per heavy atom. The zero-order valence-corrected chi connectivity index (χ0v) is 5.98. The molecular formula is C5H12N2Na4O5. The summed E-state index contributed by atoms with van der Waals surface area (Å²) in [6.07, 6.45) is -0.696. The molecule has 1 atom stereocenters. The minimum atomic E-state index is -1.47. The van der Waals surface area contributed by atoms with Crippen LogP contribution in [0, 0.1) is 0 Å². The maximum absolute atomic E-state index is 10.2. The average Bonchev–Trinajstić information content (AvgIpc) is 1.83. The molecule has 0 aliphatic heterocycles. The summed E-state index contributed by atoms with van der Waals surface area (Å²) < 4.78 is 0. The van der Waals surface area contributed by atoms with Gasteiger partial charge in [-0.05, 0) is 0 Å². The molecule has 0 aliphatic rings. The van der Waals surface area contributed by atoms with Crippen LogP contribution in [0.3, 0.4) is 0 Å². The van der Waals surface area contributed by atoms with Gasteiger partial charge in [0.2, 0.25) is 0 Å². The number of hydrogen-bond donors (Lipinski definition) is 4. The maximum atomic E-state index is 10.2. The molecule has 11 heteroatoms. The summed E-state index contributed by atoms with van der Waals surface area (Å²) >= 11 is 0. The van der Waals surface area contributed by atoms with Crippen LogP contribution in [-0.2, 0) is 9.59 Å². The number of nitrogens with one attached hydrogen (secondary N) is 1. The van der Waals surface area contributed by atoms with E-state index >= 15 is 0 Å². The predicted molar refractivity (Wildman–Crippen MR) is 65.0 cm³/mol. The molecular weight excluding hydrogens is 260 g/mol. The van der Waals surface area contributed by atoms with E-state index in [4.69, 9.17) is 10.2 Å². The van der Waals surface area contributed by atoms with Crippen molar-refractivity contribution in [2.24, 2.45) is 5.73 Å². The molecule has 0 saturated carbocycles. The van der Waals surface area contributed by atoms with Crippen LogP contribution in [0.4, 0.5) is 4.79 Å². The molecule has 16 heavy (non-hydrogen) atoms. The number of hydrogen-bond acceptors (Lipinski definition) is 3. The van der Waals surface area contributed by atoms with Crippen LogP contribution in [0.25, 0.3) is 0 Å². The summed E-state index contributed by atoms with van der Waals surface area (Å²) in [4.78, 5) is 30.4. The molecule has 2 amide bonds. The number of urea groups is 1. The number of aliphatic carboxylic acids is 2. The molecule has 0 heterocycles. The Labute approximate surface area is 181 Å². The molecule has 0 rings (SSSR count). The molecule has 0 saturated heterocycles. The van der Waals surface area contributed by atoms with Crippen molar-refractivity contribution >= 4 is 136 Å². The number of carboxylic acids is 2. The number of amides is 2. The van der Waals surface area contributed by atoms with Crippen molar-refractivity contribution in [3.05, 3.63) is 0 Å². The van der Waals surface area contributed by atoms with Crippen LogP contribution < -0.4 is 11.1 Å². The first-order valence-electron chi connectivity index (χ1n) is 2.94. The van der Waals surface area contributed by atoms with Gasteiger partial charge < -0.3 is 21.3 Å². The van der Waals surface area contributed by atoms with Gasteiger partial charge in [0.15, 0.2) is 0 Å². The molecule has 0 fully saturated rings. The first kappa shape index (κ1) is 30.9. The van der Waals surface area contributed by atoms with E-state index in [-0.39, 0.29) is 118 Å². The Balaban J connectivity index is -0.000000101. The normalized spacial score (nSPS) is 8.75. The third-order valence-corrected chi connectivity index (χ3v) is 0.993. The molecule has 5 N–H and O–H groups in total. The molecule has 0 aromatic carbocycles. The summed E-state index contributed by atoms with van der Waals surface area (Å²) in [5.41, 5.74) is 4.60. The van der Waals surface area contributed by atoms with E-state index in [1.807, 2.05) is 0 Å². The number of nitrogens with two attached hydrogens (primary N) is 1. The Morgan fingerprint density at radius 3 is 1.62 bits per heavy atom. The van der Waals surface area contributed by atoms with Crippen LogP contribution in [0.15, 0.2) is 0 Å². The monoisotopic (exact) mass is 272 g/mol. The molecule has 0 aromatic heterocycles. The third kappa shape index (κ3) is 18.6. The Hall–Kier alpha value is 2.21. The van der Waals surface area contributed by atoms with E-state index in [2.05, 4.69) is 5.73 Å². The second-order valence-corrected chi connectivity index (χ2v) is 2.00. The fourth-order valence-corrected chi connectivity index (χ4v) is 0.546. The number of carbonyl (C=O) groups is 3. The first-order chi connectivity index (χ1) is 5.43. The van der Waals surface area contributed by atoms with Gasteiger partial charge in [-0.1, -0.05) is 0 Å². The van der Waals surface area contributed by atoms with Gasteiger partial charge in [0.05, 0.1) is 6.42 Å². The number of carboxylic acid groups (broad SMARTS) is 2. The zero-order chi connectivity index (χ0) is 9.72. The van der Waals surface area contributed by atoms with Gasteiger partial charge in [-0.15, -0.1) is 0 Å². The molecule has 0 spiro atoms. The molecule has 76 valence electrons. The van der Waals surface area contributed by atoms with E-state index < -0.39 is 30.4 Å². The average molecular weight is 272 g/mol. The van der Waals surface area contributed by atoms with Crippen LogP contribution in [0.2, 0.25) is 0 Å². The van der Waals surface area contributed by atoms with Crippen molar-refractivity contribution in [3.8, 4) is 0 Å². The van der Waals surface area contributed by atoms with Crippen molar-refractivity contribution in [1.29, 1.82) is 0 Å². The molecule has 0 aromatic rings. The van der Waals surface area contributed by atoms with Gasteiger partial charge in [0, 0.05) is 0 Å². The number of rotatable bonds is 4. The first-order valence-corrected chi connectivity index (χ1v) is 2.94. The quantitative estimate of drug-likeness (QED) is 0.387. The molecule has 0 bridgehead atoms. The van der Waals surface area contributed by atoms with Gasteiger partial charge in [0.1, 0.15) is 6.04 Å². The molecule has 1 unspecified atom stereocenters. The summed E-state index contributed by atoms with van der Waals surface area (Å²) in [6.45, 7) is 0. The molecule has 7 nitrogen and oxygen atoms in total. The second kappa shape index (κ2) is 17.2. The molecule has 0 aliphatic carbocycles. The standard InChI is InChI=1S/C5H8N2O5.4Na.4H/c6-5(12)7-2(4(10)11)1-3(8)9;;;;;;;;/h2H,1H2,(H,8,9)(H,10,11)(H3,6,7,12);;;;;;;;. The zero-order valence-electron chi connectivity index (χ0n) is 5.98. The van der Waals surface area contributed by atoms with Crippen molar-refractivity contribution in [2.75, 3.05) is 0 Å². The van der Waals surface area contributed by atoms with Crippen LogP contribution in [-0.4, -0.2) is 152 Å². The number of primary amides is 1. The summed E-state index contributed by atoms with van der Waals surface area (Å²) in [6, 6.07) is -2.54. The van der Waals surface area contributed by atoms with E-state index in [1.54, 1.807) is 5.32 Å². The fraction of sp³-hybridized carbons (Fsp3) is 0.400. The van der Waals surface area contributed by atoms with Crippen molar-refractivity contribution in [1.82, 2.24) is 5.32 Å². The summed E-state index contributed by atoms with van der Waals surface area (Å²) in [7, 11) is 0. The van der Waals surface area contributed by atoms with Gasteiger partial charge in [-0.2, -0.15) is 0 Å². The Kier molecular flexibility index (Phi) is 33.2. The van der Waals surface area contributed by atoms with E-state index in [1.165, 1.54) is 0 Å². The summed E-state index contributed by atoms with van der Waals surface area (Å²) in [5.74, 6) is -2.76. The van der Waals surface area contributed by atoms with Crippen molar-refractivity contribution in [2.45, 2.75) is 12.5 Å². The predicted octanol–water partition coefficient (Wildman–Crippen LogP) is -4.01. The summed E-state index contributed by atoms with van der Waals surface area (Å²) in [5, 5.41) is 18.3. The van der Waals surface area contributed by atoms with Gasteiger partial charge in [-0.25, -0.2) is 9.59 Å². The van der Waals surface area contributed by atoms with Gasteiger partial charge in [-0.3, -0.25) is 4.79 Å². The number of carbonyl (C=O) groups excluding carboxylic acids is 1. The topological polar surface area (TPSA) is 130 Å². The Morgan fingerprint density at radius 1 is 1.06 bits per heavy atom. The van der Waals surface area contributed by atoms with Crippen molar-refractivity contribution in [3.63, 3.8) is 0 Å². The molecule has 0 radical (unpaired) electrons. The van der Waals surface area contributed by atoms with Crippen LogP contribution >= 0.6 is 0 Å². The third-order valence-electron chi connectivity index (χ3n) is 0.993. The van der Waals surface area contributed by atoms with E-state index in [0.717, 1.165) is 0 Å². The second-order valence-electron chi connectivity index (χ2n) is 2.00. The SMILES string of the molecule is NC(=O)NC(CC(=O)O)C(=O)O.[NaH].[NaH].[NaH].[NaH].